The van der Waals surface area contributed by atoms with E-state index in [2.05, 4.69) is 8.37 Å². The van der Waals surface area contributed by atoms with Crippen LogP contribution in [0.4, 0.5) is 0 Å². The first-order valence-electron chi connectivity index (χ1n) is 3.71. The summed E-state index contributed by atoms with van der Waals surface area (Å²) in [5.41, 5.74) is 0. The second kappa shape index (κ2) is 3.51. The highest BCUT2D eigenvalue weighted by Crippen LogP contribution is 2.23. The van der Waals surface area contributed by atoms with Gasteiger partial charge in [0.05, 0.1) is 12.7 Å². The molecule has 4 nitrogen and oxygen atoms in total. The van der Waals surface area contributed by atoms with Gasteiger partial charge in [0, 0.05) is 0 Å². The van der Waals surface area contributed by atoms with Gasteiger partial charge >= 0.3 is 10.4 Å². The monoisotopic (exact) mass is 180 g/mol. The SMILES string of the molecule is CCOS(=O)(=O)OC1CCC1. The second-order valence-electron chi connectivity index (χ2n) is 2.46. The third kappa shape index (κ3) is 2.76. The highest BCUT2D eigenvalue weighted by atomic mass is 32.3. The van der Waals surface area contributed by atoms with E-state index in [1.54, 1.807) is 6.92 Å². The molecular formula is C6H12O4S. The fourth-order valence-corrected chi connectivity index (χ4v) is 1.68. The van der Waals surface area contributed by atoms with Crippen LogP contribution in [-0.4, -0.2) is 21.1 Å². The van der Waals surface area contributed by atoms with Crippen molar-refractivity contribution in [2.24, 2.45) is 0 Å². The predicted octanol–water partition coefficient (Wildman–Crippen LogP) is 0.837. The van der Waals surface area contributed by atoms with Crippen LogP contribution in [0.5, 0.6) is 0 Å². The van der Waals surface area contributed by atoms with Gasteiger partial charge in [-0.1, -0.05) is 0 Å². The van der Waals surface area contributed by atoms with Gasteiger partial charge in [0.2, 0.25) is 0 Å². The fourth-order valence-electron chi connectivity index (χ4n) is 0.806. The zero-order valence-corrected chi connectivity index (χ0v) is 7.26. The minimum absolute atomic E-state index is 0.133. The van der Waals surface area contributed by atoms with Crippen molar-refractivity contribution in [1.82, 2.24) is 0 Å². The van der Waals surface area contributed by atoms with Gasteiger partial charge in [0.1, 0.15) is 0 Å². The quantitative estimate of drug-likeness (QED) is 0.643. The Labute approximate surface area is 66.8 Å². The standard InChI is InChI=1S/C6H12O4S/c1-2-9-11(7,8)10-6-4-3-5-6/h6H,2-5H2,1H3. The average molecular weight is 180 g/mol. The third-order valence-corrected chi connectivity index (χ3v) is 2.60. The Morgan fingerprint density at radius 2 is 2.09 bits per heavy atom. The molecule has 1 rings (SSSR count). The second-order valence-corrected chi connectivity index (χ2v) is 3.71. The molecule has 0 heterocycles. The van der Waals surface area contributed by atoms with E-state index in [9.17, 15) is 8.42 Å². The largest absolute Gasteiger partial charge is 0.400 e. The van der Waals surface area contributed by atoms with Crippen LogP contribution in [-0.2, 0) is 18.8 Å². The molecule has 0 aromatic heterocycles. The van der Waals surface area contributed by atoms with Crippen LogP contribution in [0, 0.1) is 0 Å². The highest BCUT2D eigenvalue weighted by molar-refractivity contribution is 7.81. The molecule has 0 aliphatic heterocycles. The van der Waals surface area contributed by atoms with Crippen molar-refractivity contribution in [2.75, 3.05) is 6.61 Å². The molecule has 0 spiro atoms. The first kappa shape index (κ1) is 8.96. The summed E-state index contributed by atoms with van der Waals surface area (Å²) in [5, 5.41) is 0. The van der Waals surface area contributed by atoms with Crippen LogP contribution in [0.3, 0.4) is 0 Å². The molecule has 11 heavy (non-hydrogen) atoms. The van der Waals surface area contributed by atoms with E-state index in [1.165, 1.54) is 0 Å². The van der Waals surface area contributed by atoms with E-state index >= 15 is 0 Å². The molecule has 0 amide bonds. The molecule has 1 saturated carbocycles. The summed E-state index contributed by atoms with van der Waals surface area (Å²) in [6.07, 6.45) is 2.57. The number of hydrogen-bond acceptors (Lipinski definition) is 4. The van der Waals surface area contributed by atoms with Crippen molar-refractivity contribution in [3.63, 3.8) is 0 Å². The van der Waals surface area contributed by atoms with Crippen LogP contribution in [0.2, 0.25) is 0 Å². The summed E-state index contributed by atoms with van der Waals surface area (Å²) in [6.45, 7) is 1.75. The lowest BCUT2D eigenvalue weighted by Crippen LogP contribution is -2.26. The summed E-state index contributed by atoms with van der Waals surface area (Å²) in [6, 6.07) is 0. The van der Waals surface area contributed by atoms with Gasteiger partial charge in [-0.3, -0.25) is 0 Å². The van der Waals surface area contributed by atoms with Gasteiger partial charge in [-0.25, -0.2) is 8.37 Å². The van der Waals surface area contributed by atoms with Crippen molar-refractivity contribution in [2.45, 2.75) is 32.3 Å². The lowest BCUT2D eigenvalue weighted by Gasteiger charge is -2.23. The molecule has 5 heteroatoms. The molecule has 1 aliphatic carbocycles. The first-order valence-corrected chi connectivity index (χ1v) is 5.05. The molecule has 0 N–H and O–H groups in total. The molecule has 0 unspecified atom stereocenters. The Morgan fingerprint density at radius 1 is 1.45 bits per heavy atom. The van der Waals surface area contributed by atoms with E-state index in [-0.39, 0.29) is 12.7 Å². The van der Waals surface area contributed by atoms with E-state index < -0.39 is 10.4 Å². The Kier molecular flexibility index (Phi) is 2.86. The van der Waals surface area contributed by atoms with Gasteiger partial charge in [0.15, 0.2) is 0 Å². The smallest absolute Gasteiger partial charge is 0.248 e. The van der Waals surface area contributed by atoms with Gasteiger partial charge in [0.25, 0.3) is 0 Å². The molecule has 66 valence electrons. The first-order chi connectivity index (χ1) is 5.14. The minimum atomic E-state index is -3.69. The average Bonchev–Trinajstić information content (AvgIpc) is 1.79. The molecular weight excluding hydrogens is 168 g/mol. The molecule has 0 bridgehead atoms. The van der Waals surface area contributed by atoms with Crippen LogP contribution in [0.1, 0.15) is 26.2 Å². The maximum atomic E-state index is 10.8. The van der Waals surface area contributed by atoms with E-state index in [0.717, 1.165) is 19.3 Å². The molecule has 0 saturated heterocycles. The Morgan fingerprint density at radius 3 is 2.45 bits per heavy atom. The highest BCUT2D eigenvalue weighted by Gasteiger charge is 2.25. The van der Waals surface area contributed by atoms with Gasteiger partial charge in [-0.2, -0.15) is 8.42 Å². The van der Waals surface area contributed by atoms with Gasteiger partial charge in [-0.05, 0) is 26.2 Å². The molecule has 0 radical (unpaired) electrons. The van der Waals surface area contributed by atoms with E-state index in [0.29, 0.717) is 0 Å². The lowest BCUT2D eigenvalue weighted by atomic mass is 9.97. The Balaban J connectivity index is 2.33. The van der Waals surface area contributed by atoms with Crippen molar-refractivity contribution >= 4 is 10.4 Å². The van der Waals surface area contributed by atoms with Crippen LogP contribution in [0.15, 0.2) is 0 Å². The van der Waals surface area contributed by atoms with Crippen molar-refractivity contribution in [1.29, 1.82) is 0 Å². The lowest BCUT2D eigenvalue weighted by molar-refractivity contribution is 0.0993. The molecule has 0 aromatic rings. The van der Waals surface area contributed by atoms with E-state index in [1.807, 2.05) is 0 Å². The minimum Gasteiger partial charge on any atom is -0.248 e. The summed E-state index contributed by atoms with van der Waals surface area (Å²) in [4.78, 5) is 0. The predicted molar refractivity (Wildman–Crippen MR) is 39.3 cm³/mol. The molecule has 0 atom stereocenters. The number of hydrogen-bond donors (Lipinski definition) is 0. The molecule has 0 aromatic carbocycles. The maximum Gasteiger partial charge on any atom is 0.400 e. The molecule has 1 aliphatic rings. The Bertz CT molecular complexity index is 205. The zero-order valence-electron chi connectivity index (χ0n) is 6.45. The topological polar surface area (TPSA) is 52.6 Å². The summed E-state index contributed by atoms with van der Waals surface area (Å²) in [5.74, 6) is 0. The zero-order chi connectivity index (χ0) is 8.32. The third-order valence-electron chi connectivity index (χ3n) is 1.57. The van der Waals surface area contributed by atoms with Crippen LogP contribution < -0.4 is 0 Å². The molecule has 1 fully saturated rings. The van der Waals surface area contributed by atoms with Crippen molar-refractivity contribution < 1.29 is 16.8 Å². The van der Waals surface area contributed by atoms with E-state index in [4.69, 9.17) is 0 Å². The summed E-state index contributed by atoms with van der Waals surface area (Å²) in [7, 11) is -3.69. The normalized spacial score (nSPS) is 19.7. The van der Waals surface area contributed by atoms with Gasteiger partial charge in [-0.15, -0.1) is 0 Å². The van der Waals surface area contributed by atoms with Crippen LogP contribution in [0.25, 0.3) is 0 Å². The maximum absolute atomic E-state index is 10.8. The number of rotatable bonds is 4. The van der Waals surface area contributed by atoms with Crippen LogP contribution >= 0.6 is 0 Å². The summed E-state index contributed by atoms with van der Waals surface area (Å²) < 4.78 is 30.6. The summed E-state index contributed by atoms with van der Waals surface area (Å²) >= 11 is 0. The van der Waals surface area contributed by atoms with Crippen molar-refractivity contribution in [3.8, 4) is 0 Å². The van der Waals surface area contributed by atoms with Crippen molar-refractivity contribution in [3.05, 3.63) is 0 Å². The van der Waals surface area contributed by atoms with Gasteiger partial charge < -0.3 is 0 Å². The fraction of sp³-hybridized carbons (Fsp3) is 1.00. The Hall–Kier alpha value is -0.130.